The predicted molar refractivity (Wildman–Crippen MR) is 103 cm³/mol. The van der Waals surface area contributed by atoms with Gasteiger partial charge in [-0.3, -0.25) is 0 Å². The van der Waals surface area contributed by atoms with Gasteiger partial charge < -0.3 is 0 Å². The van der Waals surface area contributed by atoms with Crippen LogP contribution in [-0.2, 0) is 20.9 Å². The Kier molecular flexibility index (Phi) is 5.87. The van der Waals surface area contributed by atoms with Crippen LogP contribution in [-0.4, -0.2) is 31.5 Å². The van der Waals surface area contributed by atoms with Gasteiger partial charge in [-0.1, -0.05) is 40.2 Å². The Bertz CT molecular complexity index is 944. The molecule has 0 unspecified atom stereocenters. The highest BCUT2D eigenvalue weighted by Gasteiger charge is 2.41. The largest absolute Gasteiger partial charge is 0.342 e. The van der Waals surface area contributed by atoms with Crippen molar-refractivity contribution in [1.29, 1.82) is 5.26 Å². The summed E-state index contributed by atoms with van der Waals surface area (Å²) in [7, 11) is -3.95. The molecule has 0 N–H and O–H groups in total. The monoisotopic (exact) mass is 405 g/mol. The Morgan fingerprint density at radius 1 is 1.15 bits per heavy atom. The number of aryl methyl sites for hydroxylation is 1. The first-order chi connectivity index (χ1) is 12.8. The Balaban J connectivity index is 1.94. The average Bonchev–Trinajstić information content (AvgIpc) is 2.65. The zero-order chi connectivity index (χ0) is 19.5. The van der Waals surface area contributed by atoms with E-state index < -0.39 is 10.1 Å². The molecule has 5 nitrogen and oxygen atoms in total. The molecular formula is C20H22ClN2O3S+. The summed E-state index contributed by atoms with van der Waals surface area (Å²) in [6.45, 7) is 3.14. The molecular weight excluding hydrogens is 384 g/mol. The number of piperidine rings is 1. The van der Waals surface area contributed by atoms with E-state index in [0.717, 1.165) is 11.1 Å². The fourth-order valence-electron chi connectivity index (χ4n) is 3.30. The van der Waals surface area contributed by atoms with E-state index in [9.17, 15) is 13.7 Å². The van der Waals surface area contributed by atoms with E-state index in [-0.39, 0.29) is 14.9 Å². The summed E-state index contributed by atoms with van der Waals surface area (Å²) in [5.74, 6) is 0. The van der Waals surface area contributed by atoms with Crippen LogP contribution in [0.15, 0.2) is 53.4 Å². The van der Waals surface area contributed by atoms with E-state index in [0.29, 0.717) is 38.0 Å². The van der Waals surface area contributed by atoms with E-state index >= 15 is 0 Å². The number of likely N-dealkylation sites (tertiary alicyclic amines) is 1. The number of hydrogen-bond donors (Lipinski definition) is 0. The summed E-state index contributed by atoms with van der Waals surface area (Å²) in [6.07, 6.45) is 1.30. The fraction of sp³-hybridized carbons (Fsp3) is 0.350. The maximum absolute atomic E-state index is 12.9. The second-order valence-electron chi connectivity index (χ2n) is 6.95. The molecule has 0 spiro atoms. The summed E-state index contributed by atoms with van der Waals surface area (Å²) in [5.41, 5.74) is 2.27. The number of benzene rings is 2. The number of hydrogen-bond acceptors (Lipinski definition) is 4. The lowest BCUT2D eigenvalue weighted by atomic mass is 10.1. The molecule has 0 saturated carbocycles. The van der Waals surface area contributed by atoms with E-state index in [2.05, 4.69) is 6.07 Å². The molecule has 0 aromatic heterocycles. The molecule has 1 heterocycles. The van der Waals surface area contributed by atoms with Crippen LogP contribution in [0.3, 0.4) is 0 Å². The number of quaternary nitrogens is 1. The number of rotatable bonds is 5. The van der Waals surface area contributed by atoms with Gasteiger partial charge >= 0.3 is 10.1 Å². The first-order valence-electron chi connectivity index (χ1n) is 8.85. The standard InChI is InChI=1S/C20H22ClN2O3S/c1-16-6-8-20(9-7-16)27(24,25)26-23(12-10-19(21)11-13-23)15-18-5-3-2-4-17(18)14-22/h2-9,19H,10-13,15H2,1H3/q+1. The van der Waals surface area contributed by atoms with Gasteiger partial charge in [0.05, 0.1) is 16.5 Å². The number of hydroxylamine groups is 3. The summed E-state index contributed by atoms with van der Waals surface area (Å²) < 4.78 is 31.5. The fourth-order valence-corrected chi connectivity index (χ4v) is 4.67. The molecule has 1 aliphatic rings. The van der Waals surface area contributed by atoms with Crippen molar-refractivity contribution in [3.8, 4) is 6.07 Å². The highest BCUT2D eigenvalue weighted by atomic mass is 35.5. The summed E-state index contributed by atoms with van der Waals surface area (Å²) in [4.78, 5) is 0.132. The van der Waals surface area contributed by atoms with Crippen LogP contribution in [0.25, 0.3) is 0 Å². The van der Waals surface area contributed by atoms with Crippen molar-refractivity contribution in [1.82, 2.24) is 0 Å². The quantitative estimate of drug-likeness (QED) is 0.558. The Morgan fingerprint density at radius 2 is 1.78 bits per heavy atom. The van der Waals surface area contributed by atoms with Crippen molar-refractivity contribution in [3.63, 3.8) is 0 Å². The van der Waals surface area contributed by atoms with Crippen LogP contribution in [0, 0.1) is 18.3 Å². The molecule has 0 atom stereocenters. The van der Waals surface area contributed by atoms with Gasteiger partial charge in [0.2, 0.25) is 0 Å². The normalized spacial score (nSPS) is 22.9. The zero-order valence-corrected chi connectivity index (χ0v) is 16.7. The van der Waals surface area contributed by atoms with Crippen molar-refractivity contribution < 1.29 is 17.3 Å². The van der Waals surface area contributed by atoms with Gasteiger partial charge in [0.25, 0.3) is 0 Å². The van der Waals surface area contributed by atoms with Crippen LogP contribution < -0.4 is 0 Å². The zero-order valence-electron chi connectivity index (χ0n) is 15.1. The van der Waals surface area contributed by atoms with Crippen molar-refractivity contribution in [2.75, 3.05) is 13.1 Å². The molecule has 27 heavy (non-hydrogen) atoms. The van der Waals surface area contributed by atoms with Crippen molar-refractivity contribution >= 4 is 21.7 Å². The molecule has 1 aliphatic heterocycles. The molecule has 7 heteroatoms. The third kappa shape index (κ3) is 4.69. The SMILES string of the molecule is Cc1ccc(S(=O)(=O)O[N+]2(Cc3ccccc3C#N)CCC(Cl)CC2)cc1. The predicted octanol–water partition coefficient (Wildman–Crippen LogP) is 3.91. The lowest BCUT2D eigenvalue weighted by Crippen LogP contribution is -2.53. The van der Waals surface area contributed by atoms with Gasteiger partial charge in [0.15, 0.2) is 0 Å². The van der Waals surface area contributed by atoms with Crippen LogP contribution in [0.2, 0.25) is 0 Å². The van der Waals surface area contributed by atoms with E-state index in [1.54, 1.807) is 36.4 Å². The minimum Gasteiger partial charge on any atom is -0.192 e. The molecule has 1 fully saturated rings. The Labute approximate surface area is 165 Å². The van der Waals surface area contributed by atoms with Crippen molar-refractivity contribution in [2.45, 2.75) is 36.6 Å². The number of alkyl halides is 1. The lowest BCUT2D eigenvalue weighted by molar-refractivity contribution is -1.09. The van der Waals surface area contributed by atoms with Crippen molar-refractivity contribution in [3.05, 3.63) is 65.2 Å². The first kappa shape index (κ1) is 19.8. The summed E-state index contributed by atoms with van der Waals surface area (Å²) in [5, 5.41) is 9.38. The molecule has 142 valence electrons. The van der Waals surface area contributed by atoms with E-state index in [4.69, 9.17) is 15.9 Å². The number of halogens is 1. The van der Waals surface area contributed by atoms with Gasteiger partial charge in [-0.05, 0) is 25.1 Å². The van der Waals surface area contributed by atoms with E-state index in [1.807, 2.05) is 19.1 Å². The number of nitrogens with zero attached hydrogens (tertiary/aromatic N) is 2. The Morgan fingerprint density at radius 3 is 2.41 bits per heavy atom. The maximum Gasteiger partial charge on any atom is 0.342 e. The second-order valence-corrected chi connectivity index (χ2v) is 9.09. The molecule has 1 saturated heterocycles. The topological polar surface area (TPSA) is 67.2 Å². The maximum atomic E-state index is 12.9. The third-order valence-electron chi connectivity index (χ3n) is 4.86. The van der Waals surface area contributed by atoms with Gasteiger partial charge in [0.1, 0.15) is 19.6 Å². The molecule has 0 aliphatic carbocycles. The molecule has 0 radical (unpaired) electrons. The van der Waals surface area contributed by atoms with Gasteiger partial charge in [-0.25, -0.2) is 0 Å². The summed E-state index contributed by atoms with van der Waals surface area (Å²) in [6, 6.07) is 16.0. The third-order valence-corrected chi connectivity index (χ3v) is 6.66. The van der Waals surface area contributed by atoms with Crippen LogP contribution in [0.5, 0.6) is 0 Å². The smallest absolute Gasteiger partial charge is 0.192 e. The molecule has 0 amide bonds. The highest BCUT2D eigenvalue weighted by molar-refractivity contribution is 7.86. The molecule has 2 aromatic rings. The van der Waals surface area contributed by atoms with Crippen molar-refractivity contribution in [2.24, 2.45) is 0 Å². The molecule has 0 bridgehead atoms. The lowest BCUT2D eigenvalue weighted by Gasteiger charge is -2.38. The molecule has 2 aromatic carbocycles. The van der Waals surface area contributed by atoms with Crippen LogP contribution in [0.4, 0.5) is 0 Å². The van der Waals surface area contributed by atoms with Gasteiger partial charge in [-0.15, -0.1) is 11.6 Å². The minimum absolute atomic E-state index is 0.00754. The van der Waals surface area contributed by atoms with E-state index in [1.165, 1.54) is 0 Å². The first-order valence-corrected chi connectivity index (χ1v) is 10.7. The summed E-state index contributed by atoms with van der Waals surface area (Å²) >= 11 is 6.24. The highest BCUT2D eigenvalue weighted by Crippen LogP contribution is 2.30. The number of nitriles is 1. The second kappa shape index (κ2) is 7.99. The molecule has 3 rings (SSSR count). The van der Waals surface area contributed by atoms with Crippen LogP contribution in [0.1, 0.15) is 29.5 Å². The van der Waals surface area contributed by atoms with Gasteiger partial charge in [0, 0.05) is 23.8 Å². The van der Waals surface area contributed by atoms with Crippen LogP contribution >= 0.6 is 11.6 Å². The van der Waals surface area contributed by atoms with Gasteiger partial charge in [-0.2, -0.15) is 18.3 Å². The minimum atomic E-state index is -3.95. The Hall–Kier alpha value is -1.91. The average molecular weight is 406 g/mol.